The van der Waals surface area contributed by atoms with Gasteiger partial charge in [0.2, 0.25) is 5.24 Å². The maximum atomic E-state index is 14.4. The second kappa shape index (κ2) is 24.7. The van der Waals surface area contributed by atoms with Crippen LogP contribution in [0.2, 0.25) is 0 Å². The number of carbonyl (C=O) groups is 2. The van der Waals surface area contributed by atoms with E-state index in [0.717, 1.165) is 119 Å². The molecule has 6 fully saturated rings. The Hall–Kier alpha value is -1.62. The van der Waals surface area contributed by atoms with Crippen molar-refractivity contribution in [3.63, 3.8) is 0 Å². The molecule has 2 aliphatic heterocycles. The predicted molar refractivity (Wildman–Crippen MR) is 395 cm³/mol. The van der Waals surface area contributed by atoms with Crippen molar-refractivity contribution in [3.8, 4) is 0 Å². The third kappa shape index (κ3) is 11.1. The third-order valence-corrected chi connectivity index (χ3v) is 29.6. The Morgan fingerprint density at radius 1 is 0.589 bits per heavy atom. The molecule has 0 bridgehead atoms. The molecule has 502 valence electrons. The summed E-state index contributed by atoms with van der Waals surface area (Å²) in [7, 11) is 0. The van der Waals surface area contributed by atoms with Crippen LogP contribution in [0.5, 0.6) is 0 Å². The summed E-state index contributed by atoms with van der Waals surface area (Å²) in [5.74, 6) is 4.83. The van der Waals surface area contributed by atoms with Gasteiger partial charge in [0.15, 0.2) is 0 Å². The number of Topliss-reactive ketones (excluding diaryl/α,β-unsaturated/α-hetero) is 1. The van der Waals surface area contributed by atoms with E-state index in [1.807, 2.05) is 6.08 Å². The SMILES string of the molecule is C.C.CC1(C)CC[C@]2(C(=O)CC3=CC(=S)NC3)CC[C@]3(C)C(=CCC4[C@@]5(C)Cc6c(N)n[nH]c6C(C)(C)C5CC[C@]43C)C2C1.CC1(C)CC[C@]2(C(=O)Cl)CC[C@]3(C)C(=CCC4[C@@]5(C)Cc6c(N)n[nH]c6C(C)(C)C5CC[C@]43C)C2C1.I[I-]I.NC1=CC(=S)NC1. The molecule has 2 aromatic heterocycles. The molecule has 2 aromatic rings. The average Bonchev–Trinajstić information content (AvgIpc) is 0.777. The summed E-state index contributed by atoms with van der Waals surface area (Å²) in [6, 6.07) is 0. The van der Waals surface area contributed by atoms with Crippen LogP contribution in [0, 0.1) is 89.7 Å². The van der Waals surface area contributed by atoms with E-state index in [9.17, 15) is 9.59 Å². The van der Waals surface area contributed by atoms with E-state index < -0.39 is 0 Å². The Balaban J connectivity index is 0.000000183. The van der Waals surface area contributed by atoms with E-state index in [0.29, 0.717) is 66.7 Å². The van der Waals surface area contributed by atoms with E-state index in [4.69, 9.17) is 53.2 Å². The molecule has 10 N–H and O–H groups in total. The molecule has 11 nitrogen and oxygen atoms in total. The fraction of sp³-hybridized carbons (Fsp3) is 0.753. The van der Waals surface area contributed by atoms with Crippen LogP contribution in [0.1, 0.15) is 243 Å². The molecular weight excluding hydrogens is 1520 g/mol. The quantitative estimate of drug-likeness (QED) is 0.0667. The van der Waals surface area contributed by atoms with Crippen LogP contribution in [0.4, 0.5) is 11.6 Å². The zero-order valence-corrected chi connectivity index (χ0v) is 64.3. The van der Waals surface area contributed by atoms with Crippen LogP contribution in [0.3, 0.4) is 0 Å². The molecule has 14 rings (SSSR count). The van der Waals surface area contributed by atoms with Gasteiger partial charge in [-0.15, -0.1) is 0 Å². The van der Waals surface area contributed by atoms with E-state index in [-0.39, 0.29) is 91.0 Å². The van der Waals surface area contributed by atoms with E-state index in [2.05, 4.69) is 177 Å². The Labute approximate surface area is 587 Å². The van der Waals surface area contributed by atoms with E-state index in [1.165, 1.54) is 53.8 Å². The maximum Gasteiger partial charge on any atom is 0.101 e. The summed E-state index contributed by atoms with van der Waals surface area (Å²) < 4.78 is 0. The average molecular weight is 1630 g/mol. The van der Waals surface area contributed by atoms with E-state index >= 15 is 0 Å². The second-order valence-corrected chi connectivity index (χ2v) is 51.8. The van der Waals surface area contributed by atoms with Crippen molar-refractivity contribution in [3.05, 3.63) is 69.2 Å². The standard InChI is InChI=1S/C36H52N4OS.C31H46ClN3O.C4H6N2S.2CH4.I3/c1-31(2)12-14-36(27(41)16-21-17-28(42)38-20-21)15-13-34(6)23(24(36)19-31)8-9-26-33(5)18-22-29(39-40-30(22)37)32(3,4)25(33)10-11-35(26,34)7;1-26(2)12-14-31(25(32)36)15-13-29(6)19(20(31)17-26)8-9-22-28(5)16-18-23(34-35-24(18)33)27(3,4)21(28)10-11-30(22,29)7;5-3-1-4(7)6-2-3;;;1-3-2/h8,17,24-26H,9-16,18-20H2,1-7H3,(H,38,42)(H3,37,39,40);8,20-22H,9-17H2,1-7H3,(H3,33,34,35);1H,2,5H2,(H,6,7);2*1H4;/q;;;;;-1/t24?,25?,26?,33-,34+,35+,36-;20?,21?,22?,28-,29+,30+,31-;;;;/m00..../s1. The number of aromatic amines is 2. The molecule has 6 unspecified atom stereocenters. The number of halogens is 4. The zero-order valence-electron chi connectivity index (χ0n) is 55.4. The summed E-state index contributed by atoms with van der Waals surface area (Å²) in [5.41, 5.74) is 29.4. The maximum absolute atomic E-state index is 14.4. The first-order valence-corrected chi connectivity index (χ1v) is 47.1. The van der Waals surface area contributed by atoms with Crippen LogP contribution >= 0.6 is 73.3 Å². The summed E-state index contributed by atoms with van der Waals surface area (Å²) in [4.78, 5) is 29.0. The molecule has 0 aromatic carbocycles. The summed E-state index contributed by atoms with van der Waals surface area (Å²) >= 11 is 21.9. The molecule has 6 saturated carbocycles. The number of nitrogens with one attached hydrogen (secondary N) is 4. The van der Waals surface area contributed by atoms with Gasteiger partial charge in [-0.05, 0) is 224 Å². The number of anilines is 2. The molecule has 10 aliphatic carbocycles. The smallest absolute Gasteiger partial charge is 0.101 e. The Morgan fingerprint density at radius 3 is 1.38 bits per heavy atom. The number of rotatable bonds is 4. The van der Waals surface area contributed by atoms with Crippen LogP contribution < -0.4 is 41.1 Å². The van der Waals surface area contributed by atoms with Crippen molar-refractivity contribution in [1.82, 2.24) is 31.0 Å². The molecule has 4 heterocycles. The molecule has 12 aliphatic rings. The number of carbonyl (C=O) groups excluding carboxylic acids is 2. The monoisotopic (exact) mass is 1630 g/mol. The van der Waals surface area contributed by atoms with Gasteiger partial charge in [-0.1, -0.05) is 160 Å². The van der Waals surface area contributed by atoms with Gasteiger partial charge in [-0.3, -0.25) is 19.8 Å². The Kier molecular flexibility index (Phi) is 20.0. The van der Waals surface area contributed by atoms with Crippen LogP contribution in [-0.2, 0) is 33.3 Å². The van der Waals surface area contributed by atoms with Crippen molar-refractivity contribution in [2.75, 3.05) is 24.6 Å². The van der Waals surface area contributed by atoms with Crippen molar-refractivity contribution in [2.45, 2.75) is 245 Å². The predicted octanol–water partition coefficient (Wildman–Crippen LogP) is 15.0. The van der Waals surface area contributed by atoms with Gasteiger partial charge >= 0.3 is 50.5 Å². The number of nitrogen functional groups attached to an aromatic ring is 2. The first-order chi connectivity index (χ1) is 40.9. The van der Waals surface area contributed by atoms with Gasteiger partial charge in [-0.2, -0.15) is 10.2 Å². The fourth-order valence-electron chi connectivity index (χ4n) is 23.7. The van der Waals surface area contributed by atoms with Crippen LogP contribution in [-0.4, -0.2) is 54.5 Å². The van der Waals surface area contributed by atoms with Crippen LogP contribution in [0.25, 0.3) is 0 Å². The minimum Gasteiger partial charge on any atom is -0.401 e. The minimum atomic E-state index is -0.361. The first kappa shape index (κ1) is 72.6. The van der Waals surface area contributed by atoms with Gasteiger partial charge in [-0.25, -0.2) is 0 Å². The van der Waals surface area contributed by atoms with Gasteiger partial charge in [0, 0.05) is 57.4 Å². The van der Waals surface area contributed by atoms with Gasteiger partial charge in [0.25, 0.3) is 0 Å². The van der Waals surface area contributed by atoms with Gasteiger partial charge in [0.1, 0.15) is 22.4 Å². The number of fused-ring (bicyclic) bond motifs is 16. The number of nitrogens with zero attached hydrogens (tertiary/aromatic N) is 2. The molecule has 0 saturated heterocycles. The van der Waals surface area contributed by atoms with Crippen molar-refractivity contribution in [1.29, 1.82) is 0 Å². The number of allylic oxidation sites excluding steroid dienone is 4. The third-order valence-electron chi connectivity index (χ3n) is 28.7. The molecule has 0 spiro atoms. The van der Waals surface area contributed by atoms with E-state index in [1.54, 1.807) is 17.2 Å². The molecule has 0 amide bonds. The Bertz CT molecular complexity index is 3330. The fourth-order valence-corrected chi connectivity index (χ4v) is 24.5. The summed E-state index contributed by atoms with van der Waals surface area (Å²) in [6.45, 7) is 36.3. The normalized spacial score (nSPS) is 40.3. The largest absolute Gasteiger partial charge is 0.401 e. The number of hydrogen-bond acceptors (Lipinski definition) is 9. The van der Waals surface area contributed by atoms with Gasteiger partial charge < -0.3 is 27.8 Å². The van der Waals surface area contributed by atoms with Crippen molar-refractivity contribution in [2.24, 2.45) is 95.4 Å². The number of aromatic nitrogens is 4. The first-order valence-electron chi connectivity index (χ1n) is 33.3. The molecule has 17 heteroatoms. The molecule has 0 radical (unpaired) electrons. The molecular formula is C73H112ClI3N9O2S2-. The number of thiocarbonyl (C=S) groups is 2. The second-order valence-electron chi connectivity index (χ2n) is 34.3. The summed E-state index contributed by atoms with van der Waals surface area (Å²) in [5, 5.41) is 21.7. The molecule has 14 atom stereocenters. The number of ketones is 1. The van der Waals surface area contributed by atoms with Crippen molar-refractivity contribution < 1.29 is 22.8 Å². The summed E-state index contributed by atoms with van der Waals surface area (Å²) in [6.07, 6.45) is 29.4. The zero-order chi connectivity index (χ0) is 64.2. The number of hydrogen-bond donors (Lipinski definition) is 7. The molecule has 90 heavy (non-hydrogen) atoms. The van der Waals surface area contributed by atoms with Crippen LogP contribution in [0.15, 0.2) is 46.7 Å². The number of nitrogens with two attached hydrogens (primary N) is 3. The minimum absolute atomic E-state index is 0. The number of H-pyrrole nitrogens is 2. The van der Waals surface area contributed by atoms with Crippen molar-refractivity contribution >= 4 is 106 Å². The van der Waals surface area contributed by atoms with Gasteiger partial charge in [0.05, 0.1) is 16.9 Å². The topological polar surface area (TPSA) is 194 Å². The Morgan fingerprint density at radius 2 is 0.989 bits per heavy atom.